The van der Waals surface area contributed by atoms with Crippen LogP contribution in [-0.2, 0) is 4.79 Å². The number of aliphatic hydroxyl groups excluding tert-OH is 1. The highest BCUT2D eigenvalue weighted by molar-refractivity contribution is 5.78. The average Bonchev–Trinajstić information content (AvgIpc) is 2.71. The van der Waals surface area contributed by atoms with Crippen molar-refractivity contribution in [1.82, 2.24) is 4.90 Å². The quantitative estimate of drug-likeness (QED) is 0.818. The Balaban J connectivity index is 2.02. The number of fused-ring (bicyclic) bond motifs is 1. The van der Waals surface area contributed by atoms with Crippen LogP contribution in [0.15, 0.2) is 24.3 Å². The van der Waals surface area contributed by atoms with Crippen molar-refractivity contribution in [3.63, 3.8) is 0 Å². The lowest BCUT2D eigenvalue weighted by atomic mass is 9.98. The molecule has 2 atom stereocenters. The monoisotopic (exact) mass is 247 g/mol. The third-order valence-corrected chi connectivity index (χ3v) is 3.72. The molecule has 0 bridgehead atoms. The summed E-state index contributed by atoms with van der Waals surface area (Å²) in [5.41, 5.74) is 0.928. The number of aliphatic hydroxyl groups is 1. The Morgan fingerprint density at radius 3 is 2.94 bits per heavy atom. The minimum atomic E-state index is -0.546. The second-order valence-corrected chi connectivity index (χ2v) is 4.88. The molecule has 2 aliphatic heterocycles. The SMILES string of the molecule is O=C1CCCN1C1c2ccccc2OCCC1O. The first-order chi connectivity index (χ1) is 8.77. The van der Waals surface area contributed by atoms with Crippen LogP contribution in [0.4, 0.5) is 0 Å². The summed E-state index contributed by atoms with van der Waals surface area (Å²) >= 11 is 0. The van der Waals surface area contributed by atoms with Gasteiger partial charge in [-0.05, 0) is 12.5 Å². The number of hydrogen-bond donors (Lipinski definition) is 1. The lowest BCUT2D eigenvalue weighted by Crippen LogP contribution is -2.37. The van der Waals surface area contributed by atoms with E-state index in [1.165, 1.54) is 0 Å². The zero-order valence-corrected chi connectivity index (χ0v) is 10.2. The van der Waals surface area contributed by atoms with E-state index in [-0.39, 0.29) is 11.9 Å². The number of carbonyl (C=O) groups excluding carboxylic acids is 1. The predicted octanol–water partition coefficient (Wildman–Crippen LogP) is 1.49. The summed E-state index contributed by atoms with van der Waals surface area (Å²) in [6, 6.07) is 7.44. The largest absolute Gasteiger partial charge is 0.493 e. The van der Waals surface area contributed by atoms with E-state index in [9.17, 15) is 9.90 Å². The number of amides is 1. The molecule has 0 saturated carbocycles. The zero-order valence-electron chi connectivity index (χ0n) is 10.2. The number of rotatable bonds is 1. The molecule has 96 valence electrons. The van der Waals surface area contributed by atoms with Crippen LogP contribution in [0.2, 0.25) is 0 Å². The molecule has 4 heteroatoms. The van der Waals surface area contributed by atoms with Gasteiger partial charge in [0.1, 0.15) is 5.75 Å². The third kappa shape index (κ3) is 1.86. The van der Waals surface area contributed by atoms with Crippen molar-refractivity contribution >= 4 is 5.91 Å². The molecule has 0 aromatic heterocycles. The summed E-state index contributed by atoms with van der Waals surface area (Å²) in [6.07, 6.45) is 1.48. The minimum absolute atomic E-state index is 0.135. The number of nitrogens with zero attached hydrogens (tertiary/aromatic N) is 1. The Hall–Kier alpha value is -1.55. The van der Waals surface area contributed by atoms with Crippen molar-refractivity contribution in [2.24, 2.45) is 0 Å². The van der Waals surface area contributed by atoms with Gasteiger partial charge < -0.3 is 14.7 Å². The highest BCUT2D eigenvalue weighted by Crippen LogP contribution is 2.37. The van der Waals surface area contributed by atoms with Crippen molar-refractivity contribution in [2.75, 3.05) is 13.2 Å². The summed E-state index contributed by atoms with van der Waals surface area (Å²) in [6.45, 7) is 1.23. The minimum Gasteiger partial charge on any atom is -0.493 e. The molecule has 1 aromatic carbocycles. The van der Waals surface area contributed by atoms with Gasteiger partial charge in [0, 0.05) is 24.9 Å². The van der Waals surface area contributed by atoms with Gasteiger partial charge in [0.2, 0.25) is 5.91 Å². The number of likely N-dealkylation sites (tertiary alicyclic amines) is 1. The van der Waals surface area contributed by atoms with Crippen LogP contribution < -0.4 is 4.74 Å². The Labute approximate surface area is 106 Å². The van der Waals surface area contributed by atoms with Crippen LogP contribution in [0.5, 0.6) is 5.75 Å². The first-order valence-electron chi connectivity index (χ1n) is 6.46. The normalized spacial score (nSPS) is 27.6. The number of carbonyl (C=O) groups is 1. The van der Waals surface area contributed by atoms with E-state index in [2.05, 4.69) is 0 Å². The second-order valence-electron chi connectivity index (χ2n) is 4.88. The number of benzene rings is 1. The molecule has 1 saturated heterocycles. The summed E-state index contributed by atoms with van der Waals surface area (Å²) in [5, 5.41) is 10.3. The van der Waals surface area contributed by atoms with E-state index in [0.29, 0.717) is 19.4 Å². The lowest BCUT2D eigenvalue weighted by Gasteiger charge is -2.30. The van der Waals surface area contributed by atoms with Crippen molar-refractivity contribution in [3.8, 4) is 5.75 Å². The van der Waals surface area contributed by atoms with Crippen LogP contribution in [0.3, 0.4) is 0 Å². The molecule has 0 spiro atoms. The molecule has 0 aliphatic carbocycles. The van der Waals surface area contributed by atoms with Crippen LogP contribution in [0.25, 0.3) is 0 Å². The van der Waals surface area contributed by atoms with Gasteiger partial charge >= 0.3 is 0 Å². The van der Waals surface area contributed by atoms with Gasteiger partial charge in [-0.2, -0.15) is 0 Å². The smallest absolute Gasteiger partial charge is 0.223 e. The maximum absolute atomic E-state index is 11.9. The summed E-state index contributed by atoms with van der Waals surface area (Å²) in [5.74, 6) is 0.925. The molecule has 1 amide bonds. The van der Waals surface area contributed by atoms with E-state index in [0.717, 1.165) is 24.3 Å². The Kier molecular flexibility index (Phi) is 2.96. The summed E-state index contributed by atoms with van der Waals surface area (Å²) in [4.78, 5) is 13.7. The standard InChI is InChI=1S/C14H17NO3/c16-11-7-9-18-12-5-2-1-4-10(12)14(11)15-8-3-6-13(15)17/h1-2,4-5,11,14,16H,3,6-9H2. The van der Waals surface area contributed by atoms with Gasteiger partial charge in [-0.15, -0.1) is 0 Å². The molecule has 2 unspecified atom stereocenters. The average molecular weight is 247 g/mol. The molecule has 4 nitrogen and oxygen atoms in total. The lowest BCUT2D eigenvalue weighted by molar-refractivity contribution is -0.132. The van der Waals surface area contributed by atoms with Crippen molar-refractivity contribution in [2.45, 2.75) is 31.4 Å². The fourth-order valence-corrected chi connectivity index (χ4v) is 2.85. The fraction of sp³-hybridized carbons (Fsp3) is 0.500. The first kappa shape index (κ1) is 11.5. The van der Waals surface area contributed by atoms with E-state index >= 15 is 0 Å². The Morgan fingerprint density at radius 2 is 2.17 bits per heavy atom. The first-order valence-corrected chi connectivity index (χ1v) is 6.46. The predicted molar refractivity (Wildman–Crippen MR) is 66.2 cm³/mol. The molecule has 2 aliphatic rings. The number of hydrogen-bond acceptors (Lipinski definition) is 3. The van der Waals surface area contributed by atoms with Crippen molar-refractivity contribution < 1.29 is 14.6 Å². The van der Waals surface area contributed by atoms with Crippen molar-refractivity contribution in [3.05, 3.63) is 29.8 Å². The van der Waals surface area contributed by atoms with Crippen LogP contribution >= 0.6 is 0 Å². The number of para-hydroxylation sites is 1. The number of ether oxygens (including phenoxy) is 1. The molecular weight excluding hydrogens is 230 g/mol. The van der Waals surface area contributed by atoms with Gasteiger partial charge in [0.05, 0.1) is 18.8 Å². The van der Waals surface area contributed by atoms with Crippen LogP contribution in [-0.4, -0.2) is 35.2 Å². The Morgan fingerprint density at radius 1 is 1.33 bits per heavy atom. The van der Waals surface area contributed by atoms with E-state index < -0.39 is 6.10 Å². The topological polar surface area (TPSA) is 49.8 Å². The molecule has 2 heterocycles. The third-order valence-electron chi connectivity index (χ3n) is 3.72. The molecular formula is C14H17NO3. The van der Waals surface area contributed by atoms with Gasteiger partial charge in [-0.25, -0.2) is 0 Å². The van der Waals surface area contributed by atoms with Crippen LogP contribution in [0, 0.1) is 0 Å². The molecule has 1 aromatic rings. The highest BCUT2D eigenvalue weighted by Gasteiger charge is 2.36. The summed E-state index contributed by atoms with van der Waals surface area (Å²) < 4.78 is 5.65. The van der Waals surface area contributed by atoms with Gasteiger partial charge in [0.25, 0.3) is 0 Å². The Bertz CT molecular complexity index is 460. The molecule has 1 N–H and O–H groups in total. The molecule has 0 radical (unpaired) electrons. The fourth-order valence-electron chi connectivity index (χ4n) is 2.85. The van der Waals surface area contributed by atoms with Gasteiger partial charge in [-0.3, -0.25) is 4.79 Å². The van der Waals surface area contributed by atoms with Crippen molar-refractivity contribution in [1.29, 1.82) is 0 Å². The van der Waals surface area contributed by atoms with Gasteiger partial charge in [-0.1, -0.05) is 18.2 Å². The van der Waals surface area contributed by atoms with E-state index in [1.54, 1.807) is 4.90 Å². The van der Waals surface area contributed by atoms with E-state index in [1.807, 2.05) is 24.3 Å². The molecule has 18 heavy (non-hydrogen) atoms. The maximum Gasteiger partial charge on any atom is 0.223 e. The maximum atomic E-state index is 11.9. The summed E-state index contributed by atoms with van der Waals surface area (Å²) in [7, 11) is 0. The molecule has 1 fully saturated rings. The highest BCUT2D eigenvalue weighted by atomic mass is 16.5. The molecule has 3 rings (SSSR count). The van der Waals surface area contributed by atoms with E-state index in [4.69, 9.17) is 4.74 Å². The van der Waals surface area contributed by atoms with Crippen LogP contribution in [0.1, 0.15) is 30.9 Å². The zero-order chi connectivity index (χ0) is 12.5. The van der Waals surface area contributed by atoms with Gasteiger partial charge in [0.15, 0.2) is 0 Å². The second kappa shape index (κ2) is 4.61.